The van der Waals surface area contributed by atoms with Crippen molar-refractivity contribution in [1.29, 1.82) is 0 Å². The molecule has 0 bridgehead atoms. The van der Waals surface area contributed by atoms with E-state index in [4.69, 9.17) is 0 Å². The minimum absolute atomic E-state index is 0.00988. The van der Waals surface area contributed by atoms with Crippen molar-refractivity contribution in [2.75, 3.05) is 6.54 Å². The summed E-state index contributed by atoms with van der Waals surface area (Å²) >= 11 is 0. The van der Waals surface area contributed by atoms with Gasteiger partial charge in [0.1, 0.15) is 6.04 Å². The van der Waals surface area contributed by atoms with Crippen molar-refractivity contribution in [2.45, 2.75) is 46.7 Å². The third kappa shape index (κ3) is 4.37. The SMILES string of the molecule is CCNC(=O)[C@H](C)N(Cc1ccc(C)cc1)C(=O)CC. The van der Waals surface area contributed by atoms with E-state index in [0.717, 1.165) is 5.56 Å². The number of hydrogen-bond donors (Lipinski definition) is 1. The van der Waals surface area contributed by atoms with Crippen LogP contribution in [-0.4, -0.2) is 29.3 Å². The summed E-state index contributed by atoms with van der Waals surface area (Å²) in [6, 6.07) is 7.57. The second-order valence-electron chi connectivity index (χ2n) is 4.93. The first-order valence-electron chi connectivity index (χ1n) is 7.12. The zero-order valence-electron chi connectivity index (χ0n) is 12.8. The highest BCUT2D eigenvalue weighted by molar-refractivity contribution is 5.87. The van der Waals surface area contributed by atoms with Crippen LogP contribution in [0.4, 0.5) is 0 Å². The minimum atomic E-state index is -0.455. The van der Waals surface area contributed by atoms with E-state index < -0.39 is 6.04 Å². The van der Waals surface area contributed by atoms with Crippen molar-refractivity contribution in [3.05, 3.63) is 35.4 Å². The van der Waals surface area contributed by atoms with Crippen molar-refractivity contribution in [3.63, 3.8) is 0 Å². The van der Waals surface area contributed by atoms with Gasteiger partial charge in [-0.15, -0.1) is 0 Å². The number of rotatable bonds is 6. The number of aryl methyl sites for hydroxylation is 1. The molecule has 0 unspecified atom stereocenters. The summed E-state index contributed by atoms with van der Waals surface area (Å²) in [5.41, 5.74) is 2.22. The average Bonchev–Trinajstić information content (AvgIpc) is 2.45. The van der Waals surface area contributed by atoms with Crippen LogP contribution in [0.2, 0.25) is 0 Å². The Labute approximate surface area is 121 Å². The lowest BCUT2D eigenvalue weighted by atomic mass is 10.1. The first-order valence-corrected chi connectivity index (χ1v) is 7.12. The molecule has 0 radical (unpaired) electrons. The molecular formula is C16H24N2O2. The summed E-state index contributed by atoms with van der Waals surface area (Å²) in [7, 11) is 0. The molecule has 1 atom stereocenters. The van der Waals surface area contributed by atoms with E-state index in [1.165, 1.54) is 5.56 Å². The fraction of sp³-hybridized carbons (Fsp3) is 0.500. The van der Waals surface area contributed by atoms with Crippen molar-refractivity contribution in [3.8, 4) is 0 Å². The van der Waals surface area contributed by atoms with Crippen molar-refractivity contribution >= 4 is 11.8 Å². The standard InChI is InChI=1S/C16H24N2O2/c1-5-15(19)18(13(4)16(20)17-6-2)11-14-9-7-12(3)8-10-14/h7-10,13H,5-6,11H2,1-4H3,(H,17,20)/t13-/m0/s1. The van der Waals surface area contributed by atoms with Gasteiger partial charge in [-0.3, -0.25) is 9.59 Å². The number of benzene rings is 1. The molecule has 0 heterocycles. The van der Waals surface area contributed by atoms with E-state index in [1.807, 2.05) is 45.0 Å². The van der Waals surface area contributed by atoms with Gasteiger partial charge in [-0.1, -0.05) is 36.8 Å². The summed E-state index contributed by atoms with van der Waals surface area (Å²) in [5.74, 6) is -0.120. The Morgan fingerprint density at radius 2 is 1.80 bits per heavy atom. The third-order valence-corrected chi connectivity index (χ3v) is 3.29. The van der Waals surface area contributed by atoms with Crippen LogP contribution in [0, 0.1) is 6.92 Å². The molecule has 1 aromatic rings. The Kier molecular flexibility index (Phi) is 6.22. The van der Waals surface area contributed by atoms with Crippen LogP contribution in [0.5, 0.6) is 0 Å². The number of nitrogens with one attached hydrogen (secondary N) is 1. The summed E-state index contributed by atoms with van der Waals surface area (Å²) < 4.78 is 0. The third-order valence-electron chi connectivity index (χ3n) is 3.29. The molecule has 1 N–H and O–H groups in total. The van der Waals surface area contributed by atoms with Gasteiger partial charge in [-0.05, 0) is 26.3 Å². The van der Waals surface area contributed by atoms with Gasteiger partial charge in [0.15, 0.2) is 0 Å². The maximum atomic E-state index is 12.1. The molecule has 0 spiro atoms. The Hall–Kier alpha value is -1.84. The van der Waals surface area contributed by atoms with Gasteiger partial charge in [-0.25, -0.2) is 0 Å². The maximum Gasteiger partial charge on any atom is 0.242 e. The number of carbonyl (C=O) groups is 2. The molecule has 1 rings (SSSR count). The van der Waals surface area contributed by atoms with E-state index in [9.17, 15) is 9.59 Å². The number of hydrogen-bond acceptors (Lipinski definition) is 2. The Bertz CT molecular complexity index is 454. The van der Waals surface area contributed by atoms with E-state index in [2.05, 4.69) is 5.32 Å². The van der Waals surface area contributed by atoms with Crippen LogP contribution in [-0.2, 0) is 16.1 Å². The summed E-state index contributed by atoms with van der Waals surface area (Å²) in [5, 5.41) is 2.77. The lowest BCUT2D eigenvalue weighted by Gasteiger charge is -2.28. The minimum Gasteiger partial charge on any atom is -0.355 e. The zero-order valence-corrected chi connectivity index (χ0v) is 12.8. The summed E-state index contributed by atoms with van der Waals surface area (Å²) in [6.07, 6.45) is 0.398. The van der Waals surface area contributed by atoms with Gasteiger partial charge in [0.25, 0.3) is 0 Å². The Morgan fingerprint density at radius 1 is 1.20 bits per heavy atom. The first-order chi connectivity index (χ1) is 9.49. The lowest BCUT2D eigenvalue weighted by Crippen LogP contribution is -2.47. The zero-order chi connectivity index (χ0) is 15.1. The molecular weight excluding hydrogens is 252 g/mol. The summed E-state index contributed by atoms with van der Waals surface area (Å²) in [6.45, 7) is 8.52. The number of nitrogens with zero attached hydrogens (tertiary/aromatic N) is 1. The predicted octanol–water partition coefficient (Wildman–Crippen LogP) is 2.26. The summed E-state index contributed by atoms with van der Waals surface area (Å²) in [4.78, 5) is 25.7. The monoisotopic (exact) mass is 276 g/mol. The quantitative estimate of drug-likeness (QED) is 0.866. The van der Waals surface area contributed by atoms with Crippen LogP contribution >= 0.6 is 0 Å². The molecule has 4 heteroatoms. The van der Waals surface area contributed by atoms with Crippen LogP contribution in [0.15, 0.2) is 24.3 Å². The highest BCUT2D eigenvalue weighted by Gasteiger charge is 2.24. The molecule has 0 aliphatic heterocycles. The maximum absolute atomic E-state index is 12.1. The normalized spacial score (nSPS) is 11.8. The smallest absolute Gasteiger partial charge is 0.242 e. The molecule has 0 aromatic heterocycles. The van der Waals surface area contributed by atoms with Gasteiger partial charge >= 0.3 is 0 Å². The van der Waals surface area contributed by atoms with Crippen LogP contribution in [0.25, 0.3) is 0 Å². The van der Waals surface area contributed by atoms with Crippen molar-refractivity contribution in [2.24, 2.45) is 0 Å². The molecule has 0 saturated heterocycles. The predicted molar refractivity (Wildman–Crippen MR) is 80.2 cm³/mol. The van der Waals surface area contributed by atoms with Crippen LogP contribution in [0.1, 0.15) is 38.3 Å². The highest BCUT2D eigenvalue weighted by Crippen LogP contribution is 2.11. The second kappa shape index (κ2) is 7.68. The van der Waals surface area contributed by atoms with Gasteiger partial charge in [0.2, 0.25) is 11.8 Å². The Balaban J connectivity index is 2.86. The van der Waals surface area contributed by atoms with Crippen molar-refractivity contribution < 1.29 is 9.59 Å². The molecule has 2 amide bonds. The molecule has 0 fully saturated rings. The molecule has 1 aromatic carbocycles. The fourth-order valence-electron chi connectivity index (χ4n) is 2.00. The topological polar surface area (TPSA) is 49.4 Å². The van der Waals surface area contributed by atoms with Gasteiger partial charge in [0, 0.05) is 19.5 Å². The van der Waals surface area contributed by atoms with E-state index >= 15 is 0 Å². The largest absolute Gasteiger partial charge is 0.355 e. The lowest BCUT2D eigenvalue weighted by molar-refractivity contribution is -0.140. The van der Waals surface area contributed by atoms with Gasteiger partial charge in [-0.2, -0.15) is 0 Å². The van der Waals surface area contributed by atoms with Gasteiger partial charge in [0.05, 0.1) is 0 Å². The van der Waals surface area contributed by atoms with E-state index in [-0.39, 0.29) is 11.8 Å². The van der Waals surface area contributed by atoms with Crippen LogP contribution in [0.3, 0.4) is 0 Å². The number of carbonyl (C=O) groups excluding carboxylic acids is 2. The number of likely N-dealkylation sites (N-methyl/N-ethyl adjacent to an activating group) is 1. The van der Waals surface area contributed by atoms with E-state index in [1.54, 1.807) is 11.8 Å². The molecule has 20 heavy (non-hydrogen) atoms. The molecule has 0 saturated carbocycles. The first kappa shape index (κ1) is 16.2. The highest BCUT2D eigenvalue weighted by atomic mass is 16.2. The van der Waals surface area contributed by atoms with Crippen molar-refractivity contribution in [1.82, 2.24) is 10.2 Å². The average molecular weight is 276 g/mol. The number of amides is 2. The van der Waals surface area contributed by atoms with E-state index in [0.29, 0.717) is 19.5 Å². The molecule has 0 aliphatic carbocycles. The fourth-order valence-corrected chi connectivity index (χ4v) is 2.00. The molecule has 0 aliphatic rings. The van der Waals surface area contributed by atoms with Gasteiger partial charge < -0.3 is 10.2 Å². The molecule has 4 nitrogen and oxygen atoms in total. The second-order valence-corrected chi connectivity index (χ2v) is 4.93. The molecule has 110 valence electrons. The Morgan fingerprint density at radius 3 is 2.30 bits per heavy atom. The van der Waals surface area contributed by atoms with Crippen LogP contribution < -0.4 is 5.32 Å².